The molecular formula is C27H25N3O5S. The van der Waals surface area contributed by atoms with Gasteiger partial charge in [-0.25, -0.2) is 4.98 Å². The summed E-state index contributed by atoms with van der Waals surface area (Å²) in [6.07, 6.45) is -0.377. The third kappa shape index (κ3) is 5.31. The van der Waals surface area contributed by atoms with Crippen molar-refractivity contribution in [1.82, 2.24) is 9.55 Å². The number of fused-ring (bicyclic) bond motifs is 2. The Morgan fingerprint density at radius 3 is 2.64 bits per heavy atom. The number of hydrogen-bond donors (Lipinski definition) is 1. The SMILES string of the molecule is CCOc1ccc(NC(=O)CSc2nc3ccccc3c(=O)n2CC2COc3ccccc3O2)cc1. The fourth-order valence-corrected chi connectivity index (χ4v) is 4.71. The Morgan fingerprint density at radius 1 is 1.08 bits per heavy atom. The van der Waals surface area contributed by atoms with Crippen molar-refractivity contribution in [1.29, 1.82) is 0 Å². The van der Waals surface area contributed by atoms with E-state index in [-0.39, 0.29) is 29.9 Å². The number of anilines is 1. The molecule has 1 aromatic heterocycles. The predicted molar refractivity (Wildman–Crippen MR) is 139 cm³/mol. The number of aromatic nitrogens is 2. The van der Waals surface area contributed by atoms with Crippen LogP contribution in [0.25, 0.3) is 10.9 Å². The number of thioether (sulfide) groups is 1. The maximum absolute atomic E-state index is 13.4. The van der Waals surface area contributed by atoms with E-state index < -0.39 is 0 Å². The highest BCUT2D eigenvalue weighted by atomic mass is 32.2. The minimum atomic E-state index is -0.377. The van der Waals surface area contributed by atoms with Crippen molar-refractivity contribution in [3.8, 4) is 17.2 Å². The Morgan fingerprint density at radius 2 is 1.83 bits per heavy atom. The number of nitrogens with zero attached hydrogens (tertiary/aromatic N) is 2. The summed E-state index contributed by atoms with van der Waals surface area (Å²) in [5, 5.41) is 3.83. The lowest BCUT2D eigenvalue weighted by atomic mass is 10.2. The highest BCUT2D eigenvalue weighted by molar-refractivity contribution is 7.99. The zero-order valence-corrected chi connectivity index (χ0v) is 20.5. The molecule has 3 aromatic carbocycles. The number of ether oxygens (including phenoxy) is 3. The van der Waals surface area contributed by atoms with Gasteiger partial charge in [-0.2, -0.15) is 0 Å². The van der Waals surface area contributed by atoms with Crippen molar-refractivity contribution in [2.75, 3.05) is 24.3 Å². The van der Waals surface area contributed by atoms with Gasteiger partial charge in [-0.3, -0.25) is 14.2 Å². The number of carbonyl (C=O) groups excluding carboxylic acids is 1. The van der Waals surface area contributed by atoms with Crippen LogP contribution in [0.2, 0.25) is 0 Å². The number of amides is 1. The van der Waals surface area contributed by atoms with Crippen LogP contribution >= 0.6 is 11.8 Å². The number of rotatable bonds is 8. The van der Waals surface area contributed by atoms with Crippen molar-refractivity contribution in [3.63, 3.8) is 0 Å². The minimum Gasteiger partial charge on any atom is -0.494 e. The second kappa shape index (κ2) is 10.7. The van der Waals surface area contributed by atoms with Crippen LogP contribution in [0.15, 0.2) is 82.7 Å². The molecule has 1 amide bonds. The molecule has 0 saturated heterocycles. The first kappa shape index (κ1) is 23.7. The maximum Gasteiger partial charge on any atom is 0.262 e. The van der Waals surface area contributed by atoms with E-state index in [0.29, 0.717) is 46.5 Å². The molecule has 1 aliphatic rings. The topological polar surface area (TPSA) is 91.7 Å². The molecule has 9 heteroatoms. The van der Waals surface area contributed by atoms with Crippen LogP contribution < -0.4 is 25.1 Å². The predicted octanol–water partition coefficient (Wildman–Crippen LogP) is 4.37. The minimum absolute atomic E-state index is 0.0862. The normalized spacial score (nSPS) is 14.4. The van der Waals surface area contributed by atoms with Crippen LogP contribution in [0.1, 0.15) is 6.92 Å². The first-order valence-corrected chi connectivity index (χ1v) is 12.6. The summed E-state index contributed by atoms with van der Waals surface area (Å²) in [5.74, 6) is 1.94. The molecule has 8 nitrogen and oxygen atoms in total. The fraction of sp³-hybridized carbons (Fsp3) is 0.222. The summed E-state index contributed by atoms with van der Waals surface area (Å²) in [7, 11) is 0. The molecule has 0 spiro atoms. The molecular weight excluding hydrogens is 478 g/mol. The van der Waals surface area contributed by atoms with Gasteiger partial charge in [0.15, 0.2) is 22.8 Å². The molecule has 0 fully saturated rings. The summed E-state index contributed by atoms with van der Waals surface area (Å²) in [6, 6.07) is 21.8. The Bertz CT molecular complexity index is 1440. The summed E-state index contributed by atoms with van der Waals surface area (Å²) in [4.78, 5) is 30.7. The molecule has 1 N–H and O–H groups in total. The number of hydrogen-bond acceptors (Lipinski definition) is 7. The third-order valence-electron chi connectivity index (χ3n) is 5.56. The summed E-state index contributed by atoms with van der Waals surface area (Å²) < 4.78 is 18.9. The molecule has 5 rings (SSSR count). The Hall–Kier alpha value is -3.98. The van der Waals surface area contributed by atoms with Crippen molar-refractivity contribution in [2.45, 2.75) is 24.7 Å². The zero-order valence-electron chi connectivity index (χ0n) is 19.7. The molecule has 0 radical (unpaired) electrons. The van der Waals surface area contributed by atoms with E-state index in [0.717, 1.165) is 5.75 Å². The lowest BCUT2D eigenvalue weighted by Gasteiger charge is -2.27. The van der Waals surface area contributed by atoms with Crippen LogP contribution in [0.5, 0.6) is 17.2 Å². The van der Waals surface area contributed by atoms with E-state index in [9.17, 15) is 9.59 Å². The van der Waals surface area contributed by atoms with Gasteiger partial charge in [-0.15, -0.1) is 0 Å². The van der Waals surface area contributed by atoms with E-state index in [1.807, 2.05) is 43.3 Å². The highest BCUT2D eigenvalue weighted by Gasteiger charge is 2.24. The van der Waals surface area contributed by atoms with E-state index in [1.54, 1.807) is 41.0 Å². The van der Waals surface area contributed by atoms with Gasteiger partial charge in [-0.05, 0) is 55.5 Å². The molecule has 4 aromatic rings. The van der Waals surface area contributed by atoms with Gasteiger partial charge in [-0.1, -0.05) is 36.0 Å². The zero-order chi connectivity index (χ0) is 24.9. The number of benzene rings is 3. The standard InChI is InChI=1S/C27H25N3O5S/c1-2-33-19-13-11-18(12-14-19)28-25(31)17-36-27-29-22-8-4-3-7-21(22)26(32)30(27)15-20-16-34-23-9-5-6-10-24(23)35-20/h3-14,20H,2,15-17H2,1H3,(H,28,31). The first-order chi connectivity index (χ1) is 17.6. The highest BCUT2D eigenvalue weighted by Crippen LogP contribution is 2.31. The second-order valence-corrected chi connectivity index (χ2v) is 9.06. The van der Waals surface area contributed by atoms with Crippen LogP contribution in [0.4, 0.5) is 5.69 Å². The fourth-order valence-electron chi connectivity index (χ4n) is 3.90. The quantitative estimate of drug-likeness (QED) is 0.282. The van der Waals surface area contributed by atoms with E-state index >= 15 is 0 Å². The first-order valence-electron chi connectivity index (χ1n) is 11.6. The average molecular weight is 504 g/mol. The second-order valence-electron chi connectivity index (χ2n) is 8.12. The van der Waals surface area contributed by atoms with E-state index in [2.05, 4.69) is 10.3 Å². The van der Waals surface area contributed by atoms with Gasteiger partial charge in [0.1, 0.15) is 12.4 Å². The molecule has 0 bridgehead atoms. The molecule has 1 aliphatic heterocycles. The number of carbonyl (C=O) groups is 1. The van der Waals surface area contributed by atoms with Crippen molar-refractivity contribution in [2.24, 2.45) is 0 Å². The van der Waals surface area contributed by atoms with Gasteiger partial charge in [0.05, 0.1) is 29.8 Å². The maximum atomic E-state index is 13.4. The summed E-state index contributed by atoms with van der Waals surface area (Å²) in [6.45, 7) is 3.04. The molecule has 36 heavy (non-hydrogen) atoms. The van der Waals surface area contributed by atoms with Gasteiger partial charge < -0.3 is 19.5 Å². The van der Waals surface area contributed by atoms with E-state index in [4.69, 9.17) is 14.2 Å². The lowest BCUT2D eigenvalue weighted by molar-refractivity contribution is -0.113. The lowest BCUT2D eigenvalue weighted by Crippen LogP contribution is -2.37. The van der Waals surface area contributed by atoms with Crippen LogP contribution in [0, 0.1) is 0 Å². The van der Waals surface area contributed by atoms with Crippen molar-refractivity contribution >= 4 is 34.3 Å². The van der Waals surface area contributed by atoms with Gasteiger partial charge in [0.2, 0.25) is 5.91 Å². The third-order valence-corrected chi connectivity index (χ3v) is 6.54. The molecule has 1 unspecified atom stereocenters. The van der Waals surface area contributed by atoms with Crippen LogP contribution in [-0.4, -0.2) is 40.5 Å². The van der Waals surface area contributed by atoms with Crippen molar-refractivity contribution < 1.29 is 19.0 Å². The molecule has 2 heterocycles. The summed E-state index contributed by atoms with van der Waals surface area (Å²) >= 11 is 1.21. The Labute approximate surface area is 212 Å². The average Bonchev–Trinajstić information content (AvgIpc) is 2.90. The number of nitrogens with one attached hydrogen (secondary N) is 1. The Balaban J connectivity index is 1.34. The largest absolute Gasteiger partial charge is 0.494 e. The molecule has 184 valence electrons. The van der Waals surface area contributed by atoms with Gasteiger partial charge in [0, 0.05) is 5.69 Å². The molecule has 0 aliphatic carbocycles. The van der Waals surface area contributed by atoms with Crippen LogP contribution in [-0.2, 0) is 11.3 Å². The molecule has 1 atom stereocenters. The van der Waals surface area contributed by atoms with Gasteiger partial charge >= 0.3 is 0 Å². The van der Waals surface area contributed by atoms with E-state index in [1.165, 1.54) is 11.8 Å². The van der Waals surface area contributed by atoms with Crippen molar-refractivity contribution in [3.05, 3.63) is 83.2 Å². The monoisotopic (exact) mass is 503 g/mol. The summed E-state index contributed by atoms with van der Waals surface area (Å²) in [5.41, 5.74) is 1.07. The van der Waals surface area contributed by atoms with Crippen LogP contribution in [0.3, 0.4) is 0 Å². The smallest absolute Gasteiger partial charge is 0.262 e. The Kier molecular flexibility index (Phi) is 7.08. The van der Waals surface area contributed by atoms with Gasteiger partial charge in [0.25, 0.3) is 5.56 Å². The number of para-hydroxylation sites is 3. The molecule has 0 saturated carbocycles.